The van der Waals surface area contributed by atoms with Crippen molar-refractivity contribution in [1.82, 2.24) is 15.5 Å². The second-order valence-corrected chi connectivity index (χ2v) is 9.78. The summed E-state index contributed by atoms with van der Waals surface area (Å²) in [6.07, 6.45) is 0.626. The summed E-state index contributed by atoms with van der Waals surface area (Å²) in [6, 6.07) is 10.8. The molecule has 3 rings (SSSR count). The van der Waals surface area contributed by atoms with Gasteiger partial charge in [0.2, 0.25) is 11.8 Å². The SMILES string of the molecule is CN[C@@H](C)C(=O)N[C@H](C(=O)N1CCc2ccccc2[C@H]1C(=O)Cc1c(Cl)cccc1Cl)C(C)C. The number of fused-ring (bicyclic) bond motifs is 1. The number of likely N-dealkylation sites (N-methyl/N-ethyl adjacent to an activating group) is 1. The van der Waals surface area contributed by atoms with Crippen LogP contribution in [0.2, 0.25) is 10.0 Å². The Morgan fingerprint density at radius 2 is 1.68 bits per heavy atom. The van der Waals surface area contributed by atoms with Gasteiger partial charge in [-0.15, -0.1) is 0 Å². The molecule has 3 atom stereocenters. The number of benzene rings is 2. The Morgan fingerprint density at radius 3 is 2.29 bits per heavy atom. The molecule has 0 saturated carbocycles. The van der Waals surface area contributed by atoms with Crippen molar-refractivity contribution in [3.05, 3.63) is 69.2 Å². The third kappa shape index (κ3) is 5.62. The number of ketones is 1. The van der Waals surface area contributed by atoms with Crippen LogP contribution in [0.3, 0.4) is 0 Å². The minimum absolute atomic E-state index is 0.00319. The molecule has 0 fully saturated rings. The van der Waals surface area contributed by atoms with Crippen LogP contribution in [0, 0.1) is 5.92 Å². The van der Waals surface area contributed by atoms with E-state index in [0.29, 0.717) is 28.6 Å². The number of rotatable bonds is 8. The molecule has 1 heterocycles. The van der Waals surface area contributed by atoms with E-state index >= 15 is 0 Å². The summed E-state index contributed by atoms with van der Waals surface area (Å²) in [6.45, 7) is 5.87. The number of hydrogen-bond donors (Lipinski definition) is 2. The summed E-state index contributed by atoms with van der Waals surface area (Å²) in [5.74, 6) is -0.873. The molecule has 0 spiro atoms. The molecule has 6 nitrogen and oxygen atoms in total. The summed E-state index contributed by atoms with van der Waals surface area (Å²) in [4.78, 5) is 41.7. The van der Waals surface area contributed by atoms with Crippen LogP contribution in [-0.2, 0) is 27.2 Å². The lowest BCUT2D eigenvalue weighted by Crippen LogP contribution is -2.57. The zero-order chi connectivity index (χ0) is 25.0. The maximum absolute atomic E-state index is 13.8. The standard InChI is InChI=1S/C26H31Cl2N3O3/c1-15(2)23(30-25(33)16(3)29-4)26(34)31-13-12-17-8-5-6-9-18(17)24(31)22(32)14-19-20(27)10-7-11-21(19)28/h5-11,15-16,23-24,29H,12-14H2,1-4H3,(H,30,33)/t16-,23-,24-/m0/s1. The fourth-order valence-electron chi connectivity index (χ4n) is 4.22. The van der Waals surface area contributed by atoms with Crippen LogP contribution >= 0.6 is 23.2 Å². The van der Waals surface area contributed by atoms with Crippen molar-refractivity contribution in [2.75, 3.05) is 13.6 Å². The van der Waals surface area contributed by atoms with Crippen molar-refractivity contribution in [3.8, 4) is 0 Å². The molecule has 8 heteroatoms. The van der Waals surface area contributed by atoms with Crippen LogP contribution < -0.4 is 10.6 Å². The van der Waals surface area contributed by atoms with Crippen molar-refractivity contribution in [2.45, 2.75) is 51.7 Å². The highest BCUT2D eigenvalue weighted by atomic mass is 35.5. The Hall–Kier alpha value is -2.41. The van der Waals surface area contributed by atoms with Crippen LogP contribution in [0.1, 0.15) is 43.5 Å². The van der Waals surface area contributed by atoms with Gasteiger partial charge in [0.15, 0.2) is 5.78 Å². The average Bonchev–Trinajstić information content (AvgIpc) is 2.82. The third-order valence-electron chi connectivity index (χ3n) is 6.34. The van der Waals surface area contributed by atoms with Crippen molar-refractivity contribution >= 4 is 40.8 Å². The lowest BCUT2D eigenvalue weighted by atomic mass is 9.87. The molecular formula is C26H31Cl2N3O3. The topological polar surface area (TPSA) is 78.5 Å². The maximum atomic E-state index is 13.8. The zero-order valence-corrected chi connectivity index (χ0v) is 21.4. The molecule has 0 aliphatic carbocycles. The van der Waals surface area contributed by atoms with Gasteiger partial charge < -0.3 is 15.5 Å². The minimum atomic E-state index is -0.787. The highest BCUT2D eigenvalue weighted by Gasteiger charge is 2.39. The van der Waals surface area contributed by atoms with Gasteiger partial charge >= 0.3 is 0 Å². The molecule has 182 valence electrons. The van der Waals surface area contributed by atoms with E-state index in [1.54, 1.807) is 37.1 Å². The first-order valence-electron chi connectivity index (χ1n) is 11.5. The normalized spacial score (nSPS) is 17.1. The maximum Gasteiger partial charge on any atom is 0.246 e. The number of hydrogen-bond acceptors (Lipinski definition) is 4. The van der Waals surface area contributed by atoms with Crippen LogP contribution in [0.4, 0.5) is 0 Å². The van der Waals surface area contributed by atoms with E-state index in [1.165, 1.54) is 0 Å². The molecule has 0 bridgehead atoms. The lowest BCUT2D eigenvalue weighted by Gasteiger charge is -2.39. The Kier molecular flexibility index (Phi) is 8.74. The summed E-state index contributed by atoms with van der Waals surface area (Å²) in [5, 5.41) is 6.58. The summed E-state index contributed by atoms with van der Waals surface area (Å²) in [7, 11) is 1.69. The van der Waals surface area contributed by atoms with Gasteiger partial charge in [-0.1, -0.05) is 67.4 Å². The van der Waals surface area contributed by atoms with Crippen molar-refractivity contribution < 1.29 is 14.4 Å². The molecule has 34 heavy (non-hydrogen) atoms. The molecule has 2 aromatic rings. The predicted molar refractivity (Wildman–Crippen MR) is 135 cm³/mol. The van der Waals surface area contributed by atoms with Gasteiger partial charge in [-0.05, 0) is 55.1 Å². The predicted octanol–water partition coefficient (Wildman–Crippen LogP) is 3.98. The molecule has 2 amide bonds. The van der Waals surface area contributed by atoms with E-state index in [1.807, 2.05) is 38.1 Å². The highest BCUT2D eigenvalue weighted by molar-refractivity contribution is 6.36. The second-order valence-electron chi connectivity index (χ2n) is 8.97. The Morgan fingerprint density at radius 1 is 1.03 bits per heavy atom. The van der Waals surface area contributed by atoms with E-state index in [-0.39, 0.29) is 29.9 Å². The fourth-order valence-corrected chi connectivity index (χ4v) is 4.76. The van der Waals surface area contributed by atoms with Crippen LogP contribution in [0.15, 0.2) is 42.5 Å². The first kappa shape index (κ1) is 26.2. The number of amides is 2. The van der Waals surface area contributed by atoms with Gasteiger partial charge in [-0.3, -0.25) is 14.4 Å². The van der Waals surface area contributed by atoms with Gasteiger partial charge in [0.05, 0.1) is 6.04 Å². The smallest absolute Gasteiger partial charge is 0.246 e. The van der Waals surface area contributed by atoms with E-state index in [4.69, 9.17) is 23.2 Å². The first-order chi connectivity index (χ1) is 16.1. The largest absolute Gasteiger partial charge is 0.343 e. The van der Waals surface area contributed by atoms with Gasteiger partial charge in [0, 0.05) is 23.0 Å². The highest BCUT2D eigenvalue weighted by Crippen LogP contribution is 2.34. The molecule has 0 aromatic heterocycles. The monoisotopic (exact) mass is 503 g/mol. The Balaban J connectivity index is 1.97. The van der Waals surface area contributed by atoms with Crippen LogP contribution in [0.25, 0.3) is 0 Å². The van der Waals surface area contributed by atoms with Gasteiger partial charge in [-0.2, -0.15) is 0 Å². The number of carbonyl (C=O) groups excluding carboxylic acids is 3. The molecule has 0 unspecified atom stereocenters. The molecular weight excluding hydrogens is 473 g/mol. The summed E-state index contributed by atoms with van der Waals surface area (Å²) in [5.41, 5.74) is 2.37. The van der Waals surface area contributed by atoms with E-state index < -0.39 is 18.1 Å². The molecule has 0 saturated heterocycles. The van der Waals surface area contributed by atoms with Crippen molar-refractivity contribution in [2.24, 2.45) is 5.92 Å². The van der Waals surface area contributed by atoms with Crippen molar-refractivity contribution in [3.63, 3.8) is 0 Å². The third-order valence-corrected chi connectivity index (χ3v) is 7.05. The number of nitrogens with zero attached hydrogens (tertiary/aromatic N) is 1. The molecule has 1 aliphatic rings. The van der Waals surface area contributed by atoms with E-state index in [2.05, 4.69) is 10.6 Å². The number of Topliss-reactive ketones (excluding diaryl/α,β-unsaturated/α-hetero) is 1. The van der Waals surface area contributed by atoms with Gasteiger partial charge in [-0.25, -0.2) is 0 Å². The summed E-state index contributed by atoms with van der Waals surface area (Å²) < 4.78 is 0. The fraction of sp³-hybridized carbons (Fsp3) is 0.423. The number of nitrogens with one attached hydrogen (secondary N) is 2. The molecule has 2 N–H and O–H groups in total. The zero-order valence-electron chi connectivity index (χ0n) is 19.9. The average molecular weight is 504 g/mol. The molecule has 2 aromatic carbocycles. The number of carbonyl (C=O) groups is 3. The Labute approximate surface area is 211 Å². The van der Waals surface area contributed by atoms with Crippen molar-refractivity contribution in [1.29, 1.82) is 0 Å². The van der Waals surface area contributed by atoms with Crippen LogP contribution in [0.5, 0.6) is 0 Å². The quantitative estimate of drug-likeness (QED) is 0.570. The first-order valence-corrected chi connectivity index (χ1v) is 12.2. The van der Waals surface area contributed by atoms with Crippen LogP contribution in [-0.4, -0.2) is 48.2 Å². The number of halogens is 2. The molecule has 1 aliphatic heterocycles. The lowest BCUT2D eigenvalue weighted by molar-refractivity contribution is -0.144. The van der Waals surface area contributed by atoms with Gasteiger partial charge in [0.1, 0.15) is 12.1 Å². The van der Waals surface area contributed by atoms with E-state index in [9.17, 15) is 14.4 Å². The van der Waals surface area contributed by atoms with E-state index in [0.717, 1.165) is 11.1 Å². The summed E-state index contributed by atoms with van der Waals surface area (Å²) >= 11 is 12.7. The molecule has 0 radical (unpaired) electrons. The van der Waals surface area contributed by atoms with Gasteiger partial charge in [0.25, 0.3) is 0 Å². The minimum Gasteiger partial charge on any atom is -0.343 e. The second kappa shape index (κ2) is 11.3. The Bertz CT molecular complexity index is 1050.